The molecule has 0 aromatic heterocycles. The van der Waals surface area contributed by atoms with Gasteiger partial charge in [0.1, 0.15) is 6.04 Å². The minimum Gasteiger partial charge on any atom is -0.352 e. The van der Waals surface area contributed by atoms with Crippen LogP contribution in [0.5, 0.6) is 0 Å². The first-order valence-corrected chi connectivity index (χ1v) is 9.23. The summed E-state index contributed by atoms with van der Waals surface area (Å²) in [6, 6.07) is 7.18. The van der Waals surface area contributed by atoms with E-state index in [4.69, 9.17) is 11.6 Å². The van der Waals surface area contributed by atoms with Gasteiger partial charge in [-0.25, -0.2) is 0 Å². The van der Waals surface area contributed by atoms with Crippen LogP contribution in [0.25, 0.3) is 0 Å². The van der Waals surface area contributed by atoms with E-state index in [9.17, 15) is 9.59 Å². The van der Waals surface area contributed by atoms with Gasteiger partial charge in [-0.3, -0.25) is 9.59 Å². The molecule has 1 aliphatic carbocycles. The molecule has 1 fully saturated rings. The zero-order valence-electron chi connectivity index (χ0n) is 14.6. The second kappa shape index (κ2) is 9.07. The Hall–Kier alpha value is -1.55. The van der Waals surface area contributed by atoms with Crippen molar-refractivity contribution in [2.24, 2.45) is 0 Å². The maximum Gasteiger partial charge on any atom is 0.242 e. The Morgan fingerprint density at radius 2 is 2.00 bits per heavy atom. The van der Waals surface area contributed by atoms with Gasteiger partial charge in [-0.1, -0.05) is 49.9 Å². The lowest BCUT2D eigenvalue weighted by molar-refractivity contribution is -0.140. The second-order valence-corrected chi connectivity index (χ2v) is 6.96. The molecule has 0 saturated heterocycles. The summed E-state index contributed by atoms with van der Waals surface area (Å²) in [6.07, 6.45) is 6.03. The van der Waals surface area contributed by atoms with E-state index in [0.717, 1.165) is 18.4 Å². The number of rotatable bonds is 6. The monoisotopic (exact) mass is 350 g/mol. The Bertz CT molecular complexity index is 570. The SMILES string of the molecule is CCC(=O)N(Cc1cccc(Cl)c1)[C@H](C)C(=O)NC1CCCCC1. The molecule has 5 heteroatoms. The summed E-state index contributed by atoms with van der Waals surface area (Å²) in [5.74, 6) is -0.0907. The third-order valence-electron chi connectivity index (χ3n) is 4.66. The van der Waals surface area contributed by atoms with Gasteiger partial charge in [0, 0.05) is 24.0 Å². The van der Waals surface area contributed by atoms with E-state index in [1.54, 1.807) is 17.9 Å². The maximum atomic E-state index is 12.6. The largest absolute Gasteiger partial charge is 0.352 e. The van der Waals surface area contributed by atoms with E-state index in [2.05, 4.69) is 5.32 Å². The lowest BCUT2D eigenvalue weighted by Gasteiger charge is -2.31. The summed E-state index contributed by atoms with van der Waals surface area (Å²) in [4.78, 5) is 26.6. The van der Waals surface area contributed by atoms with Crippen molar-refractivity contribution in [2.45, 2.75) is 71.0 Å². The zero-order valence-corrected chi connectivity index (χ0v) is 15.3. The molecule has 132 valence electrons. The molecule has 1 aromatic rings. The summed E-state index contributed by atoms with van der Waals surface area (Å²) in [6.45, 7) is 4.02. The number of nitrogens with one attached hydrogen (secondary N) is 1. The van der Waals surface area contributed by atoms with E-state index in [0.29, 0.717) is 18.0 Å². The first kappa shape index (κ1) is 18.8. The summed E-state index contributed by atoms with van der Waals surface area (Å²) >= 11 is 6.03. The minimum absolute atomic E-state index is 0.0266. The van der Waals surface area contributed by atoms with Crippen LogP contribution in [0.15, 0.2) is 24.3 Å². The molecule has 0 aliphatic heterocycles. The van der Waals surface area contributed by atoms with Crippen LogP contribution in [0.1, 0.15) is 57.9 Å². The van der Waals surface area contributed by atoms with Crippen LogP contribution < -0.4 is 5.32 Å². The number of amides is 2. The summed E-state index contributed by atoms with van der Waals surface area (Å²) in [7, 11) is 0. The van der Waals surface area contributed by atoms with Gasteiger partial charge in [-0.2, -0.15) is 0 Å². The lowest BCUT2D eigenvalue weighted by Crippen LogP contribution is -2.50. The zero-order chi connectivity index (χ0) is 17.5. The van der Waals surface area contributed by atoms with Crippen LogP contribution in [0, 0.1) is 0 Å². The van der Waals surface area contributed by atoms with Crippen molar-refractivity contribution < 1.29 is 9.59 Å². The molecule has 4 nitrogen and oxygen atoms in total. The van der Waals surface area contributed by atoms with Crippen LogP contribution in [0.3, 0.4) is 0 Å². The number of carbonyl (C=O) groups excluding carboxylic acids is 2. The minimum atomic E-state index is -0.488. The molecule has 24 heavy (non-hydrogen) atoms. The van der Waals surface area contributed by atoms with Gasteiger partial charge in [0.25, 0.3) is 0 Å². The molecule has 2 rings (SSSR count). The number of carbonyl (C=O) groups is 2. The topological polar surface area (TPSA) is 49.4 Å². The highest BCUT2D eigenvalue weighted by Gasteiger charge is 2.27. The first-order valence-electron chi connectivity index (χ1n) is 8.85. The normalized spacial score (nSPS) is 16.5. The molecule has 1 saturated carbocycles. The number of benzene rings is 1. The molecule has 1 atom stereocenters. The molecule has 0 spiro atoms. The number of hydrogen-bond donors (Lipinski definition) is 1. The Balaban J connectivity index is 2.05. The van der Waals surface area contributed by atoms with E-state index in [-0.39, 0.29) is 17.9 Å². The van der Waals surface area contributed by atoms with E-state index < -0.39 is 6.04 Å². The summed E-state index contributed by atoms with van der Waals surface area (Å²) in [5, 5.41) is 3.75. The van der Waals surface area contributed by atoms with Gasteiger partial charge in [0.05, 0.1) is 0 Å². The Kier molecular flexibility index (Phi) is 7.10. The van der Waals surface area contributed by atoms with Crippen LogP contribution in [0.2, 0.25) is 5.02 Å². The Labute approximate surface area is 149 Å². The standard InChI is InChI=1S/C19H27ClN2O2/c1-3-18(23)22(13-15-8-7-9-16(20)12-15)14(2)19(24)21-17-10-5-4-6-11-17/h7-9,12,14,17H,3-6,10-11,13H2,1-2H3,(H,21,24)/t14-/m1/s1. The summed E-state index contributed by atoms with van der Waals surface area (Å²) in [5.41, 5.74) is 0.932. The van der Waals surface area contributed by atoms with Gasteiger partial charge in [0.2, 0.25) is 11.8 Å². The molecule has 1 aliphatic rings. The van der Waals surface area contributed by atoms with Gasteiger partial charge in [0.15, 0.2) is 0 Å². The molecular weight excluding hydrogens is 324 g/mol. The summed E-state index contributed by atoms with van der Waals surface area (Å²) < 4.78 is 0. The van der Waals surface area contributed by atoms with Crippen molar-refractivity contribution in [2.75, 3.05) is 0 Å². The fourth-order valence-electron chi connectivity index (χ4n) is 3.19. The highest BCUT2D eigenvalue weighted by molar-refractivity contribution is 6.30. The fraction of sp³-hybridized carbons (Fsp3) is 0.579. The number of hydrogen-bond acceptors (Lipinski definition) is 2. The van der Waals surface area contributed by atoms with E-state index in [1.807, 2.05) is 25.1 Å². The number of nitrogens with zero attached hydrogens (tertiary/aromatic N) is 1. The van der Waals surface area contributed by atoms with Gasteiger partial charge < -0.3 is 10.2 Å². The quantitative estimate of drug-likeness (QED) is 0.845. The average Bonchev–Trinajstić information content (AvgIpc) is 2.59. The van der Waals surface area contributed by atoms with E-state index >= 15 is 0 Å². The maximum absolute atomic E-state index is 12.6. The van der Waals surface area contributed by atoms with E-state index in [1.165, 1.54) is 19.3 Å². The number of halogens is 1. The molecule has 0 bridgehead atoms. The molecule has 0 radical (unpaired) electrons. The molecule has 0 unspecified atom stereocenters. The van der Waals surface area contributed by atoms with Crippen molar-refractivity contribution in [3.05, 3.63) is 34.9 Å². The van der Waals surface area contributed by atoms with Crippen LogP contribution in [0.4, 0.5) is 0 Å². The Morgan fingerprint density at radius 3 is 2.62 bits per heavy atom. The van der Waals surface area contributed by atoms with Crippen molar-refractivity contribution >= 4 is 23.4 Å². The second-order valence-electron chi connectivity index (χ2n) is 6.52. The molecular formula is C19H27ClN2O2. The molecule has 2 amide bonds. The van der Waals surface area contributed by atoms with Crippen molar-refractivity contribution in [3.8, 4) is 0 Å². The van der Waals surface area contributed by atoms with Crippen LogP contribution in [-0.4, -0.2) is 28.8 Å². The lowest BCUT2D eigenvalue weighted by atomic mass is 9.95. The van der Waals surface area contributed by atoms with Gasteiger partial charge >= 0.3 is 0 Å². The predicted molar refractivity (Wildman–Crippen MR) is 96.8 cm³/mol. The van der Waals surface area contributed by atoms with Crippen molar-refractivity contribution in [3.63, 3.8) is 0 Å². The molecule has 1 aromatic carbocycles. The highest BCUT2D eigenvalue weighted by atomic mass is 35.5. The van der Waals surface area contributed by atoms with Crippen molar-refractivity contribution in [1.82, 2.24) is 10.2 Å². The van der Waals surface area contributed by atoms with Gasteiger partial charge in [-0.05, 0) is 37.5 Å². The highest BCUT2D eigenvalue weighted by Crippen LogP contribution is 2.19. The Morgan fingerprint density at radius 1 is 1.29 bits per heavy atom. The van der Waals surface area contributed by atoms with Crippen LogP contribution >= 0.6 is 11.6 Å². The fourth-order valence-corrected chi connectivity index (χ4v) is 3.40. The predicted octanol–water partition coefficient (Wildman–Crippen LogP) is 3.92. The molecule has 1 N–H and O–H groups in total. The average molecular weight is 351 g/mol. The van der Waals surface area contributed by atoms with Crippen LogP contribution in [-0.2, 0) is 16.1 Å². The smallest absolute Gasteiger partial charge is 0.242 e. The van der Waals surface area contributed by atoms with Crippen molar-refractivity contribution in [1.29, 1.82) is 0 Å². The first-order chi connectivity index (χ1) is 11.5. The van der Waals surface area contributed by atoms with Gasteiger partial charge in [-0.15, -0.1) is 0 Å². The third kappa shape index (κ3) is 5.23. The molecule has 0 heterocycles. The third-order valence-corrected chi connectivity index (χ3v) is 4.90.